The van der Waals surface area contributed by atoms with Crippen LogP contribution in [0.3, 0.4) is 0 Å². The number of phenolic OH excluding ortho intramolecular Hbond substituents is 1. The van der Waals surface area contributed by atoms with Crippen LogP contribution in [-0.4, -0.2) is 5.11 Å². The highest BCUT2D eigenvalue weighted by atomic mass is 16.5. The first-order valence-electron chi connectivity index (χ1n) is 5.36. The third-order valence-electron chi connectivity index (χ3n) is 2.63. The normalized spacial score (nSPS) is 10.1. The fourth-order valence-corrected chi connectivity index (χ4v) is 1.70. The maximum Gasteiger partial charge on any atom is 0.123 e. The largest absolute Gasteiger partial charge is 0.507 e. The van der Waals surface area contributed by atoms with Crippen molar-refractivity contribution in [3.63, 3.8) is 0 Å². The van der Waals surface area contributed by atoms with Crippen LogP contribution in [0.4, 0.5) is 0 Å². The second-order valence-corrected chi connectivity index (χ2v) is 3.75. The van der Waals surface area contributed by atoms with E-state index in [0.29, 0.717) is 12.4 Å². The van der Waals surface area contributed by atoms with Crippen LogP contribution < -0.4 is 0 Å². The van der Waals surface area contributed by atoms with E-state index in [9.17, 15) is 5.11 Å². The first-order chi connectivity index (χ1) is 8.22. The lowest BCUT2D eigenvalue weighted by atomic mass is 10.0. The molecule has 2 nitrogen and oxygen atoms in total. The molecule has 0 aliphatic rings. The van der Waals surface area contributed by atoms with Gasteiger partial charge in [0.05, 0.1) is 0 Å². The summed E-state index contributed by atoms with van der Waals surface area (Å²) in [6, 6.07) is 11.2. The molecule has 0 spiro atoms. The topological polar surface area (TPSA) is 29.5 Å². The van der Waals surface area contributed by atoms with Gasteiger partial charge < -0.3 is 9.84 Å². The van der Waals surface area contributed by atoms with Crippen LogP contribution in [0.5, 0.6) is 5.75 Å². The number of rotatable bonds is 4. The molecule has 0 aromatic heterocycles. The summed E-state index contributed by atoms with van der Waals surface area (Å²) in [7, 11) is 0. The van der Waals surface area contributed by atoms with Crippen molar-refractivity contribution in [3.05, 3.63) is 67.0 Å². The molecular weight excluding hydrogens is 212 g/mol. The Labute approximate surface area is 100 Å². The Morgan fingerprint density at radius 3 is 2.59 bits per heavy atom. The minimum atomic E-state index is 0.284. The Kier molecular flexibility index (Phi) is 3.15. The third kappa shape index (κ3) is 2.31. The van der Waals surface area contributed by atoms with Gasteiger partial charge in [0.15, 0.2) is 0 Å². The Bertz CT molecular complexity index is 570. The molecule has 0 saturated carbocycles. The molecule has 2 aromatic carbocycles. The van der Waals surface area contributed by atoms with Crippen LogP contribution in [0, 0.1) is 0 Å². The van der Waals surface area contributed by atoms with E-state index in [1.165, 1.54) is 0 Å². The predicted octanol–water partition coefficient (Wildman–Crippen LogP) is 3.76. The Hall–Kier alpha value is -2.22. The van der Waals surface area contributed by atoms with E-state index in [1.807, 2.05) is 30.3 Å². The molecule has 0 aliphatic heterocycles. The summed E-state index contributed by atoms with van der Waals surface area (Å²) >= 11 is 0. The third-order valence-corrected chi connectivity index (χ3v) is 2.63. The van der Waals surface area contributed by atoms with Gasteiger partial charge in [-0.15, -0.1) is 0 Å². The summed E-state index contributed by atoms with van der Waals surface area (Å²) in [5.74, 6) is 0.828. The zero-order chi connectivity index (χ0) is 12.3. The maximum atomic E-state index is 9.74. The fraction of sp³-hybridized carbons (Fsp3) is 0.0667. The smallest absolute Gasteiger partial charge is 0.123 e. The molecule has 0 amide bonds. The van der Waals surface area contributed by atoms with Gasteiger partial charge in [0, 0.05) is 5.39 Å². The molecule has 0 aliphatic carbocycles. The average Bonchev–Trinajstić information content (AvgIpc) is 2.38. The van der Waals surface area contributed by atoms with E-state index in [4.69, 9.17) is 4.74 Å². The second kappa shape index (κ2) is 4.74. The lowest BCUT2D eigenvalue weighted by Crippen LogP contribution is -1.92. The summed E-state index contributed by atoms with van der Waals surface area (Å²) in [6.45, 7) is 7.70. The number of ether oxygens (including phenoxy) is 1. The van der Waals surface area contributed by atoms with Crippen LogP contribution in [0.1, 0.15) is 5.56 Å². The van der Waals surface area contributed by atoms with Crippen molar-refractivity contribution in [2.45, 2.75) is 6.61 Å². The molecular formula is C15H14O2. The second-order valence-electron chi connectivity index (χ2n) is 3.75. The number of hydrogen-bond donors (Lipinski definition) is 1. The Morgan fingerprint density at radius 1 is 1.18 bits per heavy atom. The highest BCUT2D eigenvalue weighted by Crippen LogP contribution is 2.27. The number of hydrogen-bond acceptors (Lipinski definition) is 2. The molecule has 2 heteroatoms. The summed E-state index contributed by atoms with van der Waals surface area (Å²) in [5.41, 5.74) is 1.02. The zero-order valence-electron chi connectivity index (χ0n) is 9.52. The number of phenols is 1. The number of fused-ring (bicyclic) bond motifs is 1. The molecule has 0 saturated heterocycles. The van der Waals surface area contributed by atoms with Crippen molar-refractivity contribution in [2.24, 2.45) is 0 Å². The van der Waals surface area contributed by atoms with Gasteiger partial charge in [-0.1, -0.05) is 43.5 Å². The number of aromatic hydroxyl groups is 1. The molecule has 0 unspecified atom stereocenters. The molecule has 2 aromatic rings. The van der Waals surface area contributed by atoms with Gasteiger partial charge in [0.25, 0.3) is 0 Å². The summed E-state index contributed by atoms with van der Waals surface area (Å²) in [5, 5.41) is 11.6. The summed E-state index contributed by atoms with van der Waals surface area (Å²) in [6.07, 6.45) is 1.57. The van der Waals surface area contributed by atoms with E-state index in [-0.39, 0.29) is 5.75 Å². The van der Waals surface area contributed by atoms with Gasteiger partial charge in [-0.3, -0.25) is 0 Å². The van der Waals surface area contributed by atoms with Gasteiger partial charge in [-0.05, 0) is 23.1 Å². The van der Waals surface area contributed by atoms with E-state index in [0.717, 1.165) is 16.3 Å². The minimum Gasteiger partial charge on any atom is -0.507 e. The van der Waals surface area contributed by atoms with Gasteiger partial charge in [0.2, 0.25) is 0 Å². The standard InChI is InChI=1S/C15H14O2/c1-3-11(2)17-10-12-8-9-15(16)14-7-5-4-6-13(12)14/h3-9,16H,1-2,10H2. The van der Waals surface area contributed by atoms with Crippen LogP contribution in [0.25, 0.3) is 10.8 Å². The van der Waals surface area contributed by atoms with Crippen molar-refractivity contribution in [1.82, 2.24) is 0 Å². The van der Waals surface area contributed by atoms with E-state index >= 15 is 0 Å². The van der Waals surface area contributed by atoms with Gasteiger partial charge in [-0.25, -0.2) is 0 Å². The Morgan fingerprint density at radius 2 is 1.88 bits per heavy atom. The molecule has 86 valence electrons. The molecule has 17 heavy (non-hydrogen) atoms. The average molecular weight is 226 g/mol. The molecule has 0 radical (unpaired) electrons. The minimum absolute atomic E-state index is 0.284. The molecule has 0 heterocycles. The van der Waals surface area contributed by atoms with Gasteiger partial charge in [0.1, 0.15) is 18.1 Å². The van der Waals surface area contributed by atoms with Crippen molar-refractivity contribution in [3.8, 4) is 5.75 Å². The van der Waals surface area contributed by atoms with Gasteiger partial charge >= 0.3 is 0 Å². The highest BCUT2D eigenvalue weighted by Gasteiger charge is 2.04. The van der Waals surface area contributed by atoms with E-state index in [2.05, 4.69) is 13.2 Å². The summed E-state index contributed by atoms with van der Waals surface area (Å²) in [4.78, 5) is 0. The lowest BCUT2D eigenvalue weighted by molar-refractivity contribution is 0.214. The van der Waals surface area contributed by atoms with E-state index < -0.39 is 0 Å². The Balaban J connectivity index is 2.38. The molecule has 0 atom stereocenters. The highest BCUT2D eigenvalue weighted by molar-refractivity contribution is 5.90. The van der Waals surface area contributed by atoms with Crippen LogP contribution in [0.2, 0.25) is 0 Å². The molecule has 0 fully saturated rings. The number of allylic oxidation sites excluding steroid dienone is 1. The number of benzene rings is 2. The van der Waals surface area contributed by atoms with Gasteiger partial charge in [-0.2, -0.15) is 0 Å². The van der Waals surface area contributed by atoms with E-state index in [1.54, 1.807) is 12.1 Å². The predicted molar refractivity (Wildman–Crippen MR) is 69.7 cm³/mol. The monoisotopic (exact) mass is 226 g/mol. The maximum absolute atomic E-state index is 9.74. The van der Waals surface area contributed by atoms with Crippen LogP contribution in [-0.2, 0) is 11.3 Å². The first-order valence-corrected chi connectivity index (χ1v) is 5.36. The molecule has 1 N–H and O–H groups in total. The fourth-order valence-electron chi connectivity index (χ4n) is 1.70. The lowest BCUT2D eigenvalue weighted by Gasteiger charge is -2.09. The van der Waals surface area contributed by atoms with Crippen molar-refractivity contribution >= 4 is 10.8 Å². The summed E-state index contributed by atoms with van der Waals surface area (Å²) < 4.78 is 5.43. The molecule has 2 rings (SSSR count). The van der Waals surface area contributed by atoms with Crippen molar-refractivity contribution in [2.75, 3.05) is 0 Å². The van der Waals surface area contributed by atoms with Crippen molar-refractivity contribution in [1.29, 1.82) is 0 Å². The van der Waals surface area contributed by atoms with Crippen LogP contribution in [0.15, 0.2) is 61.4 Å². The molecule has 0 bridgehead atoms. The SMILES string of the molecule is C=CC(=C)OCc1ccc(O)c2ccccc12. The quantitative estimate of drug-likeness (QED) is 0.635. The van der Waals surface area contributed by atoms with Crippen molar-refractivity contribution < 1.29 is 9.84 Å². The van der Waals surface area contributed by atoms with Crippen LogP contribution >= 0.6 is 0 Å². The first kappa shape index (κ1) is 11.3. The zero-order valence-corrected chi connectivity index (χ0v) is 9.52.